The highest BCUT2D eigenvalue weighted by Gasteiger charge is 2.06. The predicted octanol–water partition coefficient (Wildman–Crippen LogP) is 2.51. The zero-order valence-electron chi connectivity index (χ0n) is 9.84. The molecule has 88 valence electrons. The van der Waals surface area contributed by atoms with Gasteiger partial charge >= 0.3 is 0 Å². The first kappa shape index (κ1) is 11.8. The molecule has 0 radical (unpaired) electrons. The van der Waals surface area contributed by atoms with E-state index >= 15 is 0 Å². The Hall–Kier alpha value is -2.67. The lowest BCUT2D eigenvalue weighted by Gasteiger charge is -2.05. The minimum absolute atomic E-state index is 0.238. The van der Waals surface area contributed by atoms with E-state index in [0.717, 1.165) is 5.69 Å². The standard InChI is InChI=1S/C14H11N3O/c1-10-5-6-12(9-16-10)14(18)17-13-4-2-3-11(7-13)8-15/h2-7,9H,1H3,(H,17,18). The summed E-state index contributed by atoms with van der Waals surface area (Å²) in [7, 11) is 0. The van der Waals surface area contributed by atoms with E-state index in [1.165, 1.54) is 6.20 Å². The number of aryl methyl sites for hydroxylation is 1. The van der Waals surface area contributed by atoms with Crippen LogP contribution in [0, 0.1) is 18.3 Å². The molecule has 0 saturated carbocycles. The Balaban J connectivity index is 2.16. The molecule has 2 rings (SSSR count). The van der Waals surface area contributed by atoms with Crippen molar-refractivity contribution in [1.29, 1.82) is 5.26 Å². The van der Waals surface area contributed by atoms with Gasteiger partial charge in [-0.15, -0.1) is 0 Å². The first-order valence-electron chi connectivity index (χ1n) is 5.43. The van der Waals surface area contributed by atoms with Crippen molar-refractivity contribution in [3.8, 4) is 6.07 Å². The minimum Gasteiger partial charge on any atom is -0.322 e. The van der Waals surface area contributed by atoms with E-state index in [4.69, 9.17) is 5.26 Å². The Kier molecular flexibility index (Phi) is 3.35. The number of amides is 1. The van der Waals surface area contributed by atoms with Gasteiger partial charge in [-0.3, -0.25) is 9.78 Å². The number of hydrogen-bond acceptors (Lipinski definition) is 3. The van der Waals surface area contributed by atoms with Crippen molar-refractivity contribution in [1.82, 2.24) is 4.98 Å². The van der Waals surface area contributed by atoms with Crippen LogP contribution in [0.1, 0.15) is 21.6 Å². The second kappa shape index (κ2) is 5.11. The molecule has 0 bridgehead atoms. The van der Waals surface area contributed by atoms with Crippen molar-refractivity contribution in [3.63, 3.8) is 0 Å². The Morgan fingerprint density at radius 1 is 1.33 bits per heavy atom. The summed E-state index contributed by atoms with van der Waals surface area (Å²) in [6.45, 7) is 1.86. The molecule has 1 N–H and O–H groups in total. The van der Waals surface area contributed by atoms with Crippen LogP contribution in [0.4, 0.5) is 5.69 Å². The zero-order chi connectivity index (χ0) is 13.0. The van der Waals surface area contributed by atoms with Crippen molar-refractivity contribution >= 4 is 11.6 Å². The van der Waals surface area contributed by atoms with Crippen LogP contribution in [-0.4, -0.2) is 10.9 Å². The number of aromatic nitrogens is 1. The maximum Gasteiger partial charge on any atom is 0.257 e. The number of carbonyl (C=O) groups is 1. The topological polar surface area (TPSA) is 65.8 Å². The monoisotopic (exact) mass is 237 g/mol. The van der Waals surface area contributed by atoms with Gasteiger partial charge in [0, 0.05) is 17.6 Å². The smallest absolute Gasteiger partial charge is 0.257 e. The number of anilines is 1. The summed E-state index contributed by atoms with van der Waals surface area (Å²) >= 11 is 0. The Morgan fingerprint density at radius 2 is 2.17 bits per heavy atom. The fourth-order valence-corrected chi connectivity index (χ4v) is 1.47. The summed E-state index contributed by atoms with van der Waals surface area (Å²) in [5.41, 5.74) is 2.45. The molecule has 1 aromatic carbocycles. The van der Waals surface area contributed by atoms with E-state index in [9.17, 15) is 4.79 Å². The molecule has 0 unspecified atom stereocenters. The fraction of sp³-hybridized carbons (Fsp3) is 0.0714. The summed E-state index contributed by atoms with van der Waals surface area (Å²) in [6, 6.07) is 12.3. The van der Waals surface area contributed by atoms with E-state index in [1.54, 1.807) is 36.4 Å². The average molecular weight is 237 g/mol. The lowest BCUT2D eigenvalue weighted by Crippen LogP contribution is -2.12. The van der Waals surface area contributed by atoms with Gasteiger partial charge < -0.3 is 5.32 Å². The van der Waals surface area contributed by atoms with Crippen LogP contribution in [0.5, 0.6) is 0 Å². The Labute approximate surface area is 105 Å². The first-order chi connectivity index (χ1) is 8.69. The van der Waals surface area contributed by atoms with Crippen LogP contribution in [0.3, 0.4) is 0 Å². The van der Waals surface area contributed by atoms with Gasteiger partial charge in [-0.2, -0.15) is 5.26 Å². The number of carbonyl (C=O) groups excluding carboxylic acids is 1. The van der Waals surface area contributed by atoms with Crippen molar-refractivity contribution in [2.24, 2.45) is 0 Å². The fourth-order valence-electron chi connectivity index (χ4n) is 1.47. The predicted molar refractivity (Wildman–Crippen MR) is 68.1 cm³/mol. The van der Waals surface area contributed by atoms with Gasteiger partial charge in [-0.05, 0) is 37.3 Å². The van der Waals surface area contributed by atoms with Crippen LogP contribution >= 0.6 is 0 Å². The number of nitrogens with one attached hydrogen (secondary N) is 1. The first-order valence-corrected chi connectivity index (χ1v) is 5.43. The lowest BCUT2D eigenvalue weighted by molar-refractivity contribution is 0.102. The molecule has 2 aromatic rings. The SMILES string of the molecule is Cc1ccc(C(=O)Nc2cccc(C#N)c2)cn1. The molecule has 0 aliphatic rings. The zero-order valence-corrected chi connectivity index (χ0v) is 9.84. The number of pyridine rings is 1. The van der Waals surface area contributed by atoms with E-state index in [2.05, 4.69) is 10.3 Å². The van der Waals surface area contributed by atoms with E-state index in [1.807, 2.05) is 13.0 Å². The van der Waals surface area contributed by atoms with Crippen LogP contribution < -0.4 is 5.32 Å². The summed E-state index contributed by atoms with van der Waals surface area (Å²) in [5.74, 6) is -0.238. The second-order valence-electron chi connectivity index (χ2n) is 3.83. The Morgan fingerprint density at radius 3 is 2.83 bits per heavy atom. The summed E-state index contributed by atoms with van der Waals surface area (Å²) in [6.07, 6.45) is 1.53. The van der Waals surface area contributed by atoms with Crippen LogP contribution in [-0.2, 0) is 0 Å². The highest BCUT2D eigenvalue weighted by Crippen LogP contribution is 2.11. The van der Waals surface area contributed by atoms with Crippen molar-refractivity contribution in [2.45, 2.75) is 6.92 Å². The highest BCUT2D eigenvalue weighted by molar-refractivity contribution is 6.04. The molecule has 4 nitrogen and oxygen atoms in total. The second-order valence-corrected chi connectivity index (χ2v) is 3.83. The summed E-state index contributed by atoms with van der Waals surface area (Å²) in [4.78, 5) is 16.0. The maximum atomic E-state index is 11.9. The van der Waals surface area contributed by atoms with Gasteiger partial charge in [0.05, 0.1) is 17.2 Å². The molecular weight excluding hydrogens is 226 g/mol. The molecule has 1 aromatic heterocycles. The van der Waals surface area contributed by atoms with E-state index in [-0.39, 0.29) is 5.91 Å². The van der Waals surface area contributed by atoms with Gasteiger partial charge in [-0.25, -0.2) is 0 Å². The molecule has 18 heavy (non-hydrogen) atoms. The third kappa shape index (κ3) is 2.71. The maximum absolute atomic E-state index is 11.9. The molecule has 0 aliphatic heterocycles. The van der Waals surface area contributed by atoms with Crippen molar-refractivity contribution in [2.75, 3.05) is 5.32 Å². The summed E-state index contributed by atoms with van der Waals surface area (Å²) < 4.78 is 0. The molecule has 0 saturated heterocycles. The van der Waals surface area contributed by atoms with Crippen molar-refractivity contribution < 1.29 is 4.79 Å². The third-order valence-corrected chi connectivity index (χ3v) is 2.42. The normalized spacial score (nSPS) is 9.56. The molecule has 0 atom stereocenters. The van der Waals surface area contributed by atoms with Gasteiger partial charge in [0.2, 0.25) is 0 Å². The average Bonchev–Trinajstić information content (AvgIpc) is 2.39. The van der Waals surface area contributed by atoms with Gasteiger partial charge in [0.25, 0.3) is 5.91 Å². The molecule has 1 heterocycles. The van der Waals surface area contributed by atoms with Crippen LogP contribution in [0.2, 0.25) is 0 Å². The molecule has 4 heteroatoms. The van der Waals surface area contributed by atoms with Crippen molar-refractivity contribution in [3.05, 3.63) is 59.4 Å². The van der Waals surface area contributed by atoms with E-state index < -0.39 is 0 Å². The number of nitriles is 1. The number of nitrogens with zero attached hydrogens (tertiary/aromatic N) is 2. The molecule has 0 aliphatic carbocycles. The number of benzene rings is 1. The van der Waals surface area contributed by atoms with Gasteiger partial charge in [0.15, 0.2) is 0 Å². The quantitative estimate of drug-likeness (QED) is 0.872. The largest absolute Gasteiger partial charge is 0.322 e. The summed E-state index contributed by atoms with van der Waals surface area (Å²) in [5, 5.41) is 11.5. The number of hydrogen-bond donors (Lipinski definition) is 1. The van der Waals surface area contributed by atoms with Crippen LogP contribution in [0.15, 0.2) is 42.6 Å². The number of rotatable bonds is 2. The third-order valence-electron chi connectivity index (χ3n) is 2.42. The van der Waals surface area contributed by atoms with Gasteiger partial charge in [-0.1, -0.05) is 6.07 Å². The van der Waals surface area contributed by atoms with E-state index in [0.29, 0.717) is 16.8 Å². The van der Waals surface area contributed by atoms with Crippen LogP contribution in [0.25, 0.3) is 0 Å². The Bertz CT molecular complexity index is 612. The molecule has 0 fully saturated rings. The molecular formula is C14H11N3O. The lowest BCUT2D eigenvalue weighted by atomic mass is 10.2. The molecule has 0 spiro atoms. The minimum atomic E-state index is -0.238. The highest BCUT2D eigenvalue weighted by atomic mass is 16.1. The molecule has 1 amide bonds. The van der Waals surface area contributed by atoms with Gasteiger partial charge in [0.1, 0.15) is 0 Å².